The lowest BCUT2D eigenvalue weighted by Crippen LogP contribution is -2.43. The van der Waals surface area contributed by atoms with Crippen LogP contribution in [0.15, 0.2) is 29.2 Å². The lowest BCUT2D eigenvalue weighted by molar-refractivity contribution is -0.152. The number of nitrogens with zero attached hydrogens (tertiary/aromatic N) is 1. The van der Waals surface area contributed by atoms with Crippen molar-refractivity contribution in [1.82, 2.24) is 4.31 Å². The summed E-state index contributed by atoms with van der Waals surface area (Å²) in [6, 6.07) is 5.85. The van der Waals surface area contributed by atoms with E-state index in [1.807, 2.05) is 6.92 Å². The first kappa shape index (κ1) is 19.4. The van der Waals surface area contributed by atoms with E-state index in [0.717, 1.165) is 25.7 Å². The topological polar surface area (TPSA) is 92.8 Å². The molecular formula is C17H24N2O5S. The van der Waals surface area contributed by atoms with Gasteiger partial charge < -0.3 is 10.1 Å². The first-order chi connectivity index (χ1) is 11.9. The largest absolute Gasteiger partial charge is 0.459 e. The minimum absolute atomic E-state index is 0.0296. The first-order valence-corrected chi connectivity index (χ1v) is 9.94. The van der Waals surface area contributed by atoms with Gasteiger partial charge in [-0.2, -0.15) is 4.31 Å². The van der Waals surface area contributed by atoms with E-state index in [-0.39, 0.29) is 17.5 Å². The molecular weight excluding hydrogens is 344 g/mol. The van der Waals surface area contributed by atoms with Gasteiger partial charge in [-0.05, 0) is 50.5 Å². The van der Waals surface area contributed by atoms with Gasteiger partial charge in [0, 0.05) is 18.3 Å². The molecule has 0 saturated carbocycles. The van der Waals surface area contributed by atoms with E-state index in [9.17, 15) is 18.0 Å². The summed E-state index contributed by atoms with van der Waals surface area (Å²) < 4.78 is 31.9. The molecule has 1 unspecified atom stereocenters. The van der Waals surface area contributed by atoms with Crippen LogP contribution in [-0.4, -0.2) is 43.8 Å². The minimum Gasteiger partial charge on any atom is -0.459 e. The number of nitrogens with one attached hydrogen (secondary N) is 1. The monoisotopic (exact) mass is 368 g/mol. The molecule has 0 aromatic heterocycles. The maximum Gasteiger partial charge on any atom is 0.397 e. The molecule has 2 rings (SSSR count). The van der Waals surface area contributed by atoms with Crippen LogP contribution in [0, 0.1) is 0 Å². The molecule has 1 amide bonds. The van der Waals surface area contributed by atoms with Gasteiger partial charge >= 0.3 is 11.9 Å². The maximum atomic E-state index is 12.8. The molecule has 0 bridgehead atoms. The molecule has 1 atom stereocenters. The zero-order valence-corrected chi connectivity index (χ0v) is 15.3. The van der Waals surface area contributed by atoms with E-state index < -0.39 is 21.9 Å². The Hall–Kier alpha value is -1.93. The fraction of sp³-hybridized carbons (Fsp3) is 0.529. The minimum atomic E-state index is -3.56. The second-order valence-electron chi connectivity index (χ2n) is 5.87. The fourth-order valence-electron chi connectivity index (χ4n) is 2.92. The van der Waals surface area contributed by atoms with Crippen molar-refractivity contribution in [2.24, 2.45) is 0 Å². The number of esters is 1. The number of hydrogen-bond donors (Lipinski definition) is 1. The molecule has 1 aromatic rings. The molecule has 1 N–H and O–H groups in total. The van der Waals surface area contributed by atoms with Crippen molar-refractivity contribution in [3.8, 4) is 0 Å². The van der Waals surface area contributed by atoms with Gasteiger partial charge in [0.2, 0.25) is 10.0 Å². The Balaban J connectivity index is 2.13. The highest BCUT2D eigenvalue weighted by Crippen LogP contribution is 2.27. The van der Waals surface area contributed by atoms with E-state index in [1.165, 1.54) is 24.3 Å². The fourth-order valence-corrected chi connectivity index (χ4v) is 4.69. The number of sulfonamides is 1. The van der Waals surface area contributed by atoms with Crippen molar-refractivity contribution in [1.29, 1.82) is 0 Å². The highest BCUT2D eigenvalue weighted by Gasteiger charge is 2.32. The molecule has 0 radical (unpaired) electrons. The number of benzene rings is 1. The summed E-state index contributed by atoms with van der Waals surface area (Å²) in [4.78, 5) is 23.1. The summed E-state index contributed by atoms with van der Waals surface area (Å²) in [7, 11) is -3.56. The molecule has 1 saturated heterocycles. The Morgan fingerprint density at radius 2 is 1.88 bits per heavy atom. The quantitative estimate of drug-likeness (QED) is 0.635. The number of rotatable bonds is 5. The summed E-state index contributed by atoms with van der Waals surface area (Å²) in [6.45, 7) is 4.24. The molecule has 1 aliphatic heterocycles. The molecule has 25 heavy (non-hydrogen) atoms. The molecule has 1 aliphatic rings. The number of hydrogen-bond acceptors (Lipinski definition) is 5. The molecule has 0 spiro atoms. The number of carbonyl (C=O) groups excluding carboxylic acids is 2. The predicted molar refractivity (Wildman–Crippen MR) is 93.5 cm³/mol. The smallest absolute Gasteiger partial charge is 0.397 e. The van der Waals surface area contributed by atoms with Crippen LogP contribution >= 0.6 is 0 Å². The van der Waals surface area contributed by atoms with Crippen LogP contribution in [0.1, 0.15) is 39.5 Å². The van der Waals surface area contributed by atoms with Gasteiger partial charge in [0.05, 0.1) is 11.5 Å². The SMILES string of the molecule is CCOC(=O)C(=O)Nc1ccc(S(=O)(=O)N2CCCCC2CC)cc1. The second-order valence-corrected chi connectivity index (χ2v) is 7.76. The standard InChI is InChI=1S/C17H24N2O5S/c1-3-14-7-5-6-12-19(14)25(22,23)15-10-8-13(9-11-15)18-16(20)17(21)24-4-2/h8-11,14H,3-7,12H2,1-2H3,(H,18,20). The van der Waals surface area contributed by atoms with Gasteiger partial charge in [-0.3, -0.25) is 4.79 Å². The lowest BCUT2D eigenvalue weighted by atomic mass is 10.0. The average Bonchev–Trinajstić information content (AvgIpc) is 2.62. The van der Waals surface area contributed by atoms with E-state index in [1.54, 1.807) is 11.2 Å². The number of amides is 1. The molecule has 7 nitrogen and oxygen atoms in total. The zero-order valence-electron chi connectivity index (χ0n) is 14.5. The van der Waals surface area contributed by atoms with Gasteiger partial charge in [0.15, 0.2) is 0 Å². The van der Waals surface area contributed by atoms with E-state index in [4.69, 9.17) is 0 Å². The average molecular weight is 368 g/mol. The Morgan fingerprint density at radius 3 is 2.48 bits per heavy atom. The van der Waals surface area contributed by atoms with Crippen molar-refractivity contribution in [2.45, 2.75) is 50.5 Å². The molecule has 138 valence electrons. The van der Waals surface area contributed by atoms with Crippen molar-refractivity contribution in [3.63, 3.8) is 0 Å². The Bertz CT molecular complexity index is 715. The number of ether oxygens (including phenoxy) is 1. The summed E-state index contributed by atoms with van der Waals surface area (Å²) in [5.74, 6) is -1.86. The van der Waals surface area contributed by atoms with Crippen LogP contribution in [0.2, 0.25) is 0 Å². The summed E-state index contributed by atoms with van der Waals surface area (Å²) in [5, 5.41) is 2.38. The summed E-state index contributed by atoms with van der Waals surface area (Å²) in [5.41, 5.74) is 0.336. The third-order valence-electron chi connectivity index (χ3n) is 4.22. The zero-order chi connectivity index (χ0) is 18.4. The lowest BCUT2D eigenvalue weighted by Gasteiger charge is -2.34. The van der Waals surface area contributed by atoms with Crippen LogP contribution in [-0.2, 0) is 24.3 Å². The third kappa shape index (κ3) is 4.58. The Kier molecular flexibility index (Phi) is 6.55. The van der Waals surface area contributed by atoms with E-state index in [2.05, 4.69) is 10.1 Å². The second kappa shape index (κ2) is 8.44. The predicted octanol–water partition coefficient (Wildman–Crippen LogP) is 2.14. The van der Waals surface area contributed by atoms with Crippen LogP contribution < -0.4 is 5.32 Å². The van der Waals surface area contributed by atoms with Crippen LogP contribution in [0.5, 0.6) is 0 Å². The number of piperidine rings is 1. The van der Waals surface area contributed by atoms with Gasteiger partial charge in [-0.25, -0.2) is 13.2 Å². The van der Waals surface area contributed by atoms with E-state index in [0.29, 0.717) is 12.2 Å². The van der Waals surface area contributed by atoms with Crippen molar-refractivity contribution in [3.05, 3.63) is 24.3 Å². The van der Waals surface area contributed by atoms with Crippen molar-refractivity contribution < 1.29 is 22.7 Å². The maximum absolute atomic E-state index is 12.8. The van der Waals surface area contributed by atoms with Crippen molar-refractivity contribution in [2.75, 3.05) is 18.5 Å². The summed E-state index contributed by atoms with van der Waals surface area (Å²) >= 11 is 0. The van der Waals surface area contributed by atoms with Crippen LogP contribution in [0.3, 0.4) is 0 Å². The van der Waals surface area contributed by atoms with Crippen molar-refractivity contribution >= 4 is 27.6 Å². The van der Waals surface area contributed by atoms with Gasteiger partial charge in [0.25, 0.3) is 0 Å². The van der Waals surface area contributed by atoms with Gasteiger partial charge in [0.1, 0.15) is 0 Å². The third-order valence-corrected chi connectivity index (χ3v) is 6.19. The molecule has 1 aromatic carbocycles. The molecule has 1 heterocycles. The van der Waals surface area contributed by atoms with E-state index >= 15 is 0 Å². The molecule has 8 heteroatoms. The Morgan fingerprint density at radius 1 is 1.20 bits per heavy atom. The first-order valence-electron chi connectivity index (χ1n) is 8.50. The number of carbonyl (C=O) groups is 2. The summed E-state index contributed by atoms with van der Waals surface area (Å²) in [6.07, 6.45) is 3.57. The van der Waals surface area contributed by atoms with Gasteiger partial charge in [-0.1, -0.05) is 13.3 Å². The highest BCUT2D eigenvalue weighted by molar-refractivity contribution is 7.89. The molecule has 1 fully saturated rings. The van der Waals surface area contributed by atoms with Crippen LogP contribution in [0.4, 0.5) is 5.69 Å². The number of anilines is 1. The highest BCUT2D eigenvalue weighted by atomic mass is 32.2. The normalized spacial score (nSPS) is 18.6. The molecule has 0 aliphatic carbocycles. The Labute approximate surface area is 148 Å². The van der Waals surface area contributed by atoms with Gasteiger partial charge in [-0.15, -0.1) is 0 Å². The van der Waals surface area contributed by atoms with Crippen LogP contribution in [0.25, 0.3) is 0 Å².